The summed E-state index contributed by atoms with van der Waals surface area (Å²) in [5.41, 5.74) is 2.01. The first-order valence-corrected chi connectivity index (χ1v) is 4.26. The zero-order valence-electron chi connectivity index (χ0n) is 7.98. The minimum absolute atomic E-state index is 0.0828. The van der Waals surface area contributed by atoms with E-state index in [2.05, 4.69) is 5.18 Å². The summed E-state index contributed by atoms with van der Waals surface area (Å²) in [5.74, 6) is -0.0828. The molecule has 0 saturated heterocycles. The Morgan fingerprint density at radius 1 is 1.43 bits per heavy atom. The van der Waals surface area contributed by atoms with Crippen molar-refractivity contribution in [3.8, 4) is 5.88 Å². The molecule has 1 aromatic heterocycles. The number of nitroso groups, excluding NO2 is 1. The van der Waals surface area contributed by atoms with Crippen LogP contribution in [0.25, 0.3) is 10.9 Å². The maximum absolute atomic E-state index is 10.5. The van der Waals surface area contributed by atoms with Gasteiger partial charge in [-0.2, -0.15) is 0 Å². The van der Waals surface area contributed by atoms with Gasteiger partial charge in [-0.05, 0) is 23.7 Å². The Morgan fingerprint density at radius 3 is 2.79 bits per heavy atom. The Labute approximate surface area is 80.8 Å². The molecule has 2 aromatic rings. The van der Waals surface area contributed by atoms with Gasteiger partial charge in [0, 0.05) is 12.4 Å². The van der Waals surface area contributed by atoms with E-state index in [-0.39, 0.29) is 11.6 Å². The van der Waals surface area contributed by atoms with Crippen molar-refractivity contribution in [3.63, 3.8) is 0 Å². The number of aryl methyl sites for hydroxylation is 2. The van der Waals surface area contributed by atoms with Crippen LogP contribution in [0.5, 0.6) is 5.88 Å². The summed E-state index contributed by atoms with van der Waals surface area (Å²) in [6.07, 6.45) is 0. The van der Waals surface area contributed by atoms with Gasteiger partial charge in [0.25, 0.3) is 0 Å². The van der Waals surface area contributed by atoms with Gasteiger partial charge in [-0.1, -0.05) is 12.1 Å². The Morgan fingerprint density at radius 2 is 2.14 bits per heavy atom. The van der Waals surface area contributed by atoms with E-state index in [9.17, 15) is 10.0 Å². The number of hydrogen-bond donors (Lipinski definition) is 1. The van der Waals surface area contributed by atoms with Crippen LogP contribution < -0.4 is 0 Å². The molecule has 0 atom stereocenters. The molecule has 1 heterocycles. The van der Waals surface area contributed by atoms with Crippen molar-refractivity contribution in [2.24, 2.45) is 12.2 Å². The number of aromatic nitrogens is 1. The highest BCUT2D eigenvalue weighted by molar-refractivity contribution is 5.95. The predicted octanol–water partition coefficient (Wildman–Crippen LogP) is 2.59. The molecule has 2 rings (SSSR count). The van der Waals surface area contributed by atoms with Crippen molar-refractivity contribution in [3.05, 3.63) is 28.7 Å². The summed E-state index contributed by atoms with van der Waals surface area (Å²) in [6.45, 7) is 1.96. The first kappa shape index (κ1) is 8.74. The maximum atomic E-state index is 10.5. The van der Waals surface area contributed by atoms with E-state index >= 15 is 0 Å². The van der Waals surface area contributed by atoms with Crippen LogP contribution in [0.15, 0.2) is 23.4 Å². The molecule has 0 bridgehead atoms. The fourth-order valence-electron chi connectivity index (χ4n) is 1.60. The number of fused-ring (bicyclic) bond motifs is 1. The standard InChI is InChI=1S/C10H10N2O2/c1-6-3-4-7-8(5-6)12(2)10(13)9(7)11-14/h3-5,13H,1-2H3. The van der Waals surface area contributed by atoms with Gasteiger partial charge < -0.3 is 9.67 Å². The average Bonchev–Trinajstić information content (AvgIpc) is 2.41. The van der Waals surface area contributed by atoms with E-state index in [1.54, 1.807) is 17.7 Å². The van der Waals surface area contributed by atoms with Gasteiger partial charge in [0.1, 0.15) is 0 Å². The van der Waals surface area contributed by atoms with Gasteiger partial charge >= 0.3 is 0 Å². The van der Waals surface area contributed by atoms with E-state index in [1.165, 1.54) is 0 Å². The number of rotatable bonds is 1. The summed E-state index contributed by atoms with van der Waals surface area (Å²) >= 11 is 0. The zero-order valence-corrected chi connectivity index (χ0v) is 7.98. The molecule has 0 spiro atoms. The van der Waals surface area contributed by atoms with Crippen molar-refractivity contribution in [2.75, 3.05) is 0 Å². The normalized spacial score (nSPS) is 10.7. The molecule has 4 heteroatoms. The quantitative estimate of drug-likeness (QED) is 0.702. The summed E-state index contributed by atoms with van der Waals surface area (Å²) in [4.78, 5) is 10.5. The van der Waals surface area contributed by atoms with Gasteiger partial charge in [-0.3, -0.25) is 0 Å². The van der Waals surface area contributed by atoms with Gasteiger partial charge in [0.2, 0.25) is 5.88 Å². The number of benzene rings is 1. The topological polar surface area (TPSA) is 54.6 Å². The smallest absolute Gasteiger partial charge is 0.222 e. The minimum atomic E-state index is -0.0828. The lowest BCUT2D eigenvalue weighted by molar-refractivity contribution is 0.437. The number of aromatic hydroxyl groups is 1. The van der Waals surface area contributed by atoms with E-state index in [0.29, 0.717) is 5.39 Å². The molecule has 14 heavy (non-hydrogen) atoms. The lowest BCUT2D eigenvalue weighted by Gasteiger charge is -1.97. The molecule has 0 saturated carbocycles. The maximum Gasteiger partial charge on any atom is 0.222 e. The SMILES string of the molecule is Cc1ccc2c(N=O)c(O)n(C)c2c1. The van der Waals surface area contributed by atoms with Crippen LogP contribution in [0.2, 0.25) is 0 Å². The molecule has 1 N–H and O–H groups in total. The summed E-state index contributed by atoms with van der Waals surface area (Å²) in [5, 5.41) is 13.1. The van der Waals surface area contributed by atoms with E-state index in [4.69, 9.17) is 0 Å². The molecule has 4 nitrogen and oxygen atoms in total. The summed E-state index contributed by atoms with van der Waals surface area (Å²) < 4.78 is 1.55. The van der Waals surface area contributed by atoms with Crippen molar-refractivity contribution in [1.29, 1.82) is 0 Å². The van der Waals surface area contributed by atoms with Crippen LogP contribution >= 0.6 is 0 Å². The lowest BCUT2D eigenvalue weighted by atomic mass is 10.2. The van der Waals surface area contributed by atoms with Crippen LogP contribution in [-0.2, 0) is 7.05 Å². The Kier molecular flexibility index (Phi) is 1.77. The van der Waals surface area contributed by atoms with Crippen molar-refractivity contribution < 1.29 is 5.11 Å². The van der Waals surface area contributed by atoms with Crippen LogP contribution in [0.1, 0.15) is 5.56 Å². The van der Waals surface area contributed by atoms with Crippen LogP contribution in [0, 0.1) is 11.8 Å². The number of nitrogens with zero attached hydrogens (tertiary/aromatic N) is 2. The highest BCUT2D eigenvalue weighted by Crippen LogP contribution is 2.37. The molecule has 72 valence electrons. The molecule has 0 amide bonds. The van der Waals surface area contributed by atoms with Crippen LogP contribution in [0.3, 0.4) is 0 Å². The average molecular weight is 190 g/mol. The van der Waals surface area contributed by atoms with Crippen molar-refractivity contribution in [2.45, 2.75) is 6.92 Å². The van der Waals surface area contributed by atoms with E-state index in [0.717, 1.165) is 11.1 Å². The number of hydrogen-bond acceptors (Lipinski definition) is 3. The fourth-order valence-corrected chi connectivity index (χ4v) is 1.60. The second kappa shape index (κ2) is 2.83. The van der Waals surface area contributed by atoms with Gasteiger partial charge in [0.05, 0.1) is 5.52 Å². The lowest BCUT2D eigenvalue weighted by Crippen LogP contribution is -1.85. The molecule has 1 aromatic carbocycles. The zero-order chi connectivity index (χ0) is 10.3. The summed E-state index contributed by atoms with van der Waals surface area (Å²) in [6, 6.07) is 5.58. The molecule has 0 fully saturated rings. The van der Waals surface area contributed by atoms with E-state index < -0.39 is 0 Å². The monoisotopic (exact) mass is 190 g/mol. The van der Waals surface area contributed by atoms with Crippen LogP contribution in [-0.4, -0.2) is 9.67 Å². The Bertz CT molecular complexity index is 514. The molecule has 0 aliphatic rings. The third kappa shape index (κ3) is 1.00. The highest BCUT2D eigenvalue weighted by Gasteiger charge is 2.14. The minimum Gasteiger partial charge on any atom is -0.493 e. The van der Waals surface area contributed by atoms with Gasteiger partial charge in [-0.25, -0.2) is 0 Å². The molecular formula is C10H10N2O2. The first-order chi connectivity index (χ1) is 6.65. The predicted molar refractivity (Wildman–Crippen MR) is 54.8 cm³/mol. The molecule has 0 aliphatic carbocycles. The Hall–Kier alpha value is -1.84. The fraction of sp³-hybridized carbons (Fsp3) is 0.200. The molecule has 0 aliphatic heterocycles. The highest BCUT2D eigenvalue weighted by atomic mass is 16.3. The second-order valence-electron chi connectivity index (χ2n) is 3.34. The summed E-state index contributed by atoms with van der Waals surface area (Å²) in [7, 11) is 1.70. The Balaban J connectivity index is 2.95. The first-order valence-electron chi connectivity index (χ1n) is 4.26. The molecule has 0 radical (unpaired) electrons. The van der Waals surface area contributed by atoms with E-state index in [1.807, 2.05) is 19.1 Å². The van der Waals surface area contributed by atoms with Crippen molar-refractivity contribution >= 4 is 16.6 Å². The van der Waals surface area contributed by atoms with Crippen LogP contribution in [0.4, 0.5) is 5.69 Å². The van der Waals surface area contributed by atoms with Gasteiger partial charge in [0.15, 0.2) is 5.69 Å². The molecular weight excluding hydrogens is 180 g/mol. The molecule has 0 unspecified atom stereocenters. The largest absolute Gasteiger partial charge is 0.493 e. The second-order valence-corrected chi connectivity index (χ2v) is 3.34. The third-order valence-electron chi connectivity index (χ3n) is 2.39. The van der Waals surface area contributed by atoms with Crippen molar-refractivity contribution in [1.82, 2.24) is 4.57 Å². The third-order valence-corrected chi connectivity index (χ3v) is 2.39. The van der Waals surface area contributed by atoms with Gasteiger partial charge in [-0.15, -0.1) is 4.91 Å².